The van der Waals surface area contributed by atoms with Gasteiger partial charge in [-0.3, -0.25) is 4.79 Å². The van der Waals surface area contributed by atoms with E-state index in [4.69, 9.17) is 10.7 Å². The summed E-state index contributed by atoms with van der Waals surface area (Å²) in [7, 11) is 1.50. The van der Waals surface area contributed by atoms with Gasteiger partial charge in [-0.2, -0.15) is 0 Å². The monoisotopic (exact) mass is 334 g/mol. The van der Waals surface area contributed by atoms with Crippen molar-refractivity contribution < 1.29 is 13.2 Å². The van der Waals surface area contributed by atoms with Gasteiger partial charge in [0.25, 0.3) is 15.0 Å². The molecule has 0 aromatic carbocycles. The minimum atomic E-state index is -3.84. The van der Waals surface area contributed by atoms with Crippen LogP contribution in [0.1, 0.15) is 51.1 Å². The molecule has 7 heteroatoms. The van der Waals surface area contributed by atoms with Gasteiger partial charge in [-0.05, 0) is 31.7 Å². The third-order valence-corrected chi connectivity index (χ3v) is 4.94. The third-order valence-electron chi connectivity index (χ3n) is 3.62. The van der Waals surface area contributed by atoms with E-state index in [9.17, 15) is 13.2 Å². The summed E-state index contributed by atoms with van der Waals surface area (Å²) in [5, 5.41) is 2.84. The van der Waals surface area contributed by atoms with Gasteiger partial charge in [-0.25, -0.2) is 8.42 Å². The summed E-state index contributed by atoms with van der Waals surface area (Å²) in [6.07, 6.45) is 1.40. The molecule has 1 aromatic rings. The lowest BCUT2D eigenvalue weighted by molar-refractivity contribution is 0.0934. The average molecular weight is 335 g/mol. The van der Waals surface area contributed by atoms with Gasteiger partial charge >= 0.3 is 0 Å². The Hall–Kier alpha value is -1.01. The summed E-state index contributed by atoms with van der Waals surface area (Å²) >= 11 is 0. The van der Waals surface area contributed by atoms with E-state index in [0.717, 1.165) is 0 Å². The van der Waals surface area contributed by atoms with E-state index in [1.807, 2.05) is 13.8 Å². The normalized spacial score (nSPS) is 13.7. The van der Waals surface area contributed by atoms with E-state index in [-0.39, 0.29) is 16.8 Å². The molecule has 1 heterocycles. The van der Waals surface area contributed by atoms with Gasteiger partial charge in [-0.15, -0.1) is 0 Å². The van der Waals surface area contributed by atoms with E-state index in [1.165, 1.54) is 12.3 Å². The number of nitrogens with one attached hydrogen (secondary N) is 1. The Morgan fingerprint density at radius 2 is 1.86 bits per heavy atom. The first kappa shape index (κ1) is 18.0. The van der Waals surface area contributed by atoms with Crippen molar-refractivity contribution in [2.75, 3.05) is 6.54 Å². The van der Waals surface area contributed by atoms with Crippen molar-refractivity contribution in [3.63, 3.8) is 0 Å². The minimum Gasteiger partial charge on any atom is -0.350 e. The van der Waals surface area contributed by atoms with E-state index < -0.39 is 9.05 Å². The van der Waals surface area contributed by atoms with Gasteiger partial charge in [0.05, 0.1) is 0 Å². The number of rotatable bonds is 6. The Kier molecular flexibility index (Phi) is 5.87. The highest BCUT2D eigenvalue weighted by Gasteiger charge is 2.21. The molecule has 0 aliphatic rings. The molecule has 5 nitrogen and oxygen atoms in total. The number of carbonyl (C=O) groups is 1. The molecule has 120 valence electrons. The Labute approximate surface area is 131 Å². The summed E-state index contributed by atoms with van der Waals surface area (Å²) in [4.78, 5) is 12.2. The maximum atomic E-state index is 12.3. The second-order valence-corrected chi connectivity index (χ2v) is 8.50. The Bertz CT molecular complexity index is 606. The van der Waals surface area contributed by atoms with Crippen LogP contribution >= 0.6 is 10.7 Å². The smallest absolute Gasteiger partial charge is 0.267 e. The second-order valence-electron chi connectivity index (χ2n) is 5.93. The van der Waals surface area contributed by atoms with E-state index in [1.54, 1.807) is 4.57 Å². The van der Waals surface area contributed by atoms with Crippen LogP contribution in [0, 0.1) is 11.8 Å². The highest BCUT2D eigenvalue weighted by atomic mass is 35.7. The van der Waals surface area contributed by atoms with Crippen LogP contribution in [0.4, 0.5) is 0 Å². The molecule has 1 amide bonds. The van der Waals surface area contributed by atoms with Crippen molar-refractivity contribution in [2.24, 2.45) is 11.8 Å². The fourth-order valence-electron chi connectivity index (χ4n) is 1.78. The molecule has 0 aliphatic carbocycles. The van der Waals surface area contributed by atoms with Crippen LogP contribution in [0.2, 0.25) is 0 Å². The Balaban J connectivity index is 3.00. The molecule has 1 atom stereocenters. The van der Waals surface area contributed by atoms with Crippen LogP contribution in [-0.4, -0.2) is 25.4 Å². The van der Waals surface area contributed by atoms with Crippen molar-refractivity contribution in [2.45, 2.75) is 45.6 Å². The number of nitrogens with zero attached hydrogens (tertiary/aromatic N) is 1. The van der Waals surface area contributed by atoms with Crippen LogP contribution in [0.5, 0.6) is 0 Å². The molecule has 21 heavy (non-hydrogen) atoms. The first-order valence-electron chi connectivity index (χ1n) is 6.98. The zero-order valence-electron chi connectivity index (χ0n) is 13.1. The van der Waals surface area contributed by atoms with Gasteiger partial charge in [0.2, 0.25) is 0 Å². The van der Waals surface area contributed by atoms with Crippen molar-refractivity contribution in [3.8, 4) is 0 Å². The van der Waals surface area contributed by atoms with Crippen LogP contribution in [0.25, 0.3) is 0 Å². The zero-order chi connectivity index (χ0) is 16.4. The molecule has 1 aromatic heterocycles. The minimum absolute atomic E-state index is 0.0413. The number of hydrogen-bond acceptors (Lipinski definition) is 3. The summed E-state index contributed by atoms with van der Waals surface area (Å²) < 4.78 is 24.5. The molecule has 0 aliphatic heterocycles. The fraction of sp³-hybridized carbons (Fsp3) is 0.643. The van der Waals surface area contributed by atoms with Gasteiger partial charge in [0.15, 0.2) is 0 Å². The molecule has 0 radical (unpaired) electrons. The van der Waals surface area contributed by atoms with Gasteiger partial charge in [0, 0.05) is 29.5 Å². The number of halogens is 1. The summed E-state index contributed by atoms with van der Waals surface area (Å²) in [6, 6.07) is 1.28. The second kappa shape index (κ2) is 6.83. The lowest BCUT2D eigenvalue weighted by Gasteiger charge is -2.17. The average Bonchev–Trinajstić information content (AvgIpc) is 2.80. The molecule has 0 fully saturated rings. The molecule has 1 N–H and O–H groups in total. The highest BCUT2D eigenvalue weighted by molar-refractivity contribution is 8.13. The molecule has 0 spiro atoms. The molecular weight excluding hydrogens is 312 g/mol. The van der Waals surface area contributed by atoms with Gasteiger partial charge in [-0.1, -0.05) is 20.8 Å². The molecule has 1 unspecified atom stereocenters. The predicted molar refractivity (Wildman–Crippen MR) is 84.2 cm³/mol. The van der Waals surface area contributed by atoms with E-state index >= 15 is 0 Å². The number of hydrogen-bond donors (Lipinski definition) is 1. The number of aromatic nitrogens is 1. The topological polar surface area (TPSA) is 68.2 Å². The first-order chi connectivity index (χ1) is 9.54. The quantitative estimate of drug-likeness (QED) is 0.813. The van der Waals surface area contributed by atoms with Gasteiger partial charge in [0.1, 0.15) is 10.6 Å². The van der Waals surface area contributed by atoms with E-state index in [2.05, 4.69) is 26.1 Å². The standard InChI is InChI=1S/C14H23ClN2O3S/c1-9(2)11(5)7-16-14(18)13-6-12(21(15,19)20)8-17(13)10(3)4/h6,8-11H,7H2,1-5H3,(H,16,18). The fourth-order valence-corrected chi connectivity index (χ4v) is 2.52. The first-order valence-corrected chi connectivity index (χ1v) is 9.29. The zero-order valence-corrected chi connectivity index (χ0v) is 14.6. The molecule has 0 saturated heterocycles. The van der Waals surface area contributed by atoms with Crippen LogP contribution in [-0.2, 0) is 9.05 Å². The Morgan fingerprint density at radius 1 is 1.29 bits per heavy atom. The predicted octanol–water partition coefficient (Wildman–Crippen LogP) is 3.02. The van der Waals surface area contributed by atoms with Crippen LogP contribution in [0.3, 0.4) is 0 Å². The third kappa shape index (κ3) is 4.74. The SMILES string of the molecule is CC(C)C(C)CNC(=O)c1cc(S(=O)(=O)Cl)cn1C(C)C. The van der Waals surface area contributed by atoms with Crippen molar-refractivity contribution in [3.05, 3.63) is 18.0 Å². The van der Waals surface area contributed by atoms with E-state index in [0.29, 0.717) is 24.1 Å². The maximum Gasteiger partial charge on any atom is 0.267 e. The molecule has 0 saturated carbocycles. The summed E-state index contributed by atoms with van der Waals surface area (Å²) in [5.74, 6) is 0.511. The van der Waals surface area contributed by atoms with Crippen molar-refractivity contribution >= 4 is 25.6 Å². The maximum absolute atomic E-state index is 12.3. The molecule has 0 bridgehead atoms. The Morgan fingerprint density at radius 3 is 2.29 bits per heavy atom. The molecule has 1 rings (SSSR count). The lowest BCUT2D eigenvalue weighted by Crippen LogP contribution is -2.31. The summed E-state index contributed by atoms with van der Waals surface area (Å²) in [6.45, 7) is 10.5. The largest absolute Gasteiger partial charge is 0.350 e. The van der Waals surface area contributed by atoms with Gasteiger partial charge < -0.3 is 9.88 Å². The molecular formula is C14H23ClN2O3S. The number of amides is 1. The van der Waals surface area contributed by atoms with Crippen molar-refractivity contribution in [1.82, 2.24) is 9.88 Å². The van der Waals surface area contributed by atoms with Crippen molar-refractivity contribution in [1.29, 1.82) is 0 Å². The highest BCUT2D eigenvalue weighted by Crippen LogP contribution is 2.22. The summed E-state index contributed by atoms with van der Waals surface area (Å²) in [5.41, 5.74) is 0.306. The lowest BCUT2D eigenvalue weighted by atomic mass is 9.98. The number of carbonyl (C=O) groups excluding carboxylic acids is 1. The van der Waals surface area contributed by atoms with Crippen LogP contribution in [0.15, 0.2) is 17.2 Å². The van der Waals surface area contributed by atoms with Crippen LogP contribution < -0.4 is 5.32 Å².